The van der Waals surface area contributed by atoms with E-state index in [1.165, 1.54) is 27.4 Å². The fourth-order valence-electron chi connectivity index (χ4n) is 5.38. The molecule has 0 saturated carbocycles. The van der Waals surface area contributed by atoms with Crippen LogP contribution in [0, 0.1) is 0 Å². The number of nitrogens with zero attached hydrogens (tertiary/aromatic N) is 1. The summed E-state index contributed by atoms with van der Waals surface area (Å²) in [6.07, 6.45) is 1.35. The second kappa shape index (κ2) is 6.48. The van der Waals surface area contributed by atoms with E-state index in [0.717, 1.165) is 35.5 Å². The van der Waals surface area contributed by atoms with Crippen LogP contribution in [0.2, 0.25) is 5.02 Å². The van der Waals surface area contributed by atoms with Crippen LogP contribution >= 0.6 is 11.6 Å². The molecule has 1 atom stereocenters. The molecule has 1 aromatic heterocycles. The number of hydrogen-bond acceptors (Lipinski definition) is 2. The van der Waals surface area contributed by atoms with Crippen molar-refractivity contribution in [3.63, 3.8) is 0 Å². The standard InChI is InChI=1S/C26H21ClN2O/c1-2-29-20-9-4-3-8-17(20)24-21(29)12-10-19-26(24)23(15-6-5-7-16(27)14-15)25-18(28-19)11-13-22(25)30/h3-10,12,14,23,28H,2,11,13H2,1H3. The average molecular weight is 413 g/mol. The molecule has 4 aromatic rings. The molecule has 0 fully saturated rings. The van der Waals surface area contributed by atoms with Crippen LogP contribution < -0.4 is 5.32 Å². The highest BCUT2D eigenvalue weighted by molar-refractivity contribution is 6.30. The molecular formula is C26H21ClN2O. The third kappa shape index (κ3) is 2.36. The van der Waals surface area contributed by atoms with Gasteiger partial charge in [-0.05, 0) is 54.8 Å². The molecule has 148 valence electrons. The van der Waals surface area contributed by atoms with E-state index in [-0.39, 0.29) is 11.7 Å². The van der Waals surface area contributed by atoms with Gasteiger partial charge in [0, 0.05) is 62.7 Å². The smallest absolute Gasteiger partial charge is 0.161 e. The summed E-state index contributed by atoms with van der Waals surface area (Å²) in [4.78, 5) is 13.0. The molecule has 3 nitrogen and oxygen atoms in total. The molecule has 1 aliphatic carbocycles. The number of ketones is 1. The Morgan fingerprint density at radius 2 is 1.90 bits per heavy atom. The second-order valence-corrected chi connectivity index (χ2v) is 8.55. The van der Waals surface area contributed by atoms with Crippen LogP contribution in [0.25, 0.3) is 21.8 Å². The summed E-state index contributed by atoms with van der Waals surface area (Å²) < 4.78 is 2.36. The predicted molar refractivity (Wildman–Crippen MR) is 123 cm³/mol. The number of aromatic nitrogens is 1. The molecular weight excluding hydrogens is 392 g/mol. The van der Waals surface area contributed by atoms with Crippen LogP contribution in [0.5, 0.6) is 0 Å². The molecule has 4 heteroatoms. The number of carbonyl (C=O) groups excluding carboxylic acids is 1. The van der Waals surface area contributed by atoms with Crippen molar-refractivity contribution < 1.29 is 4.79 Å². The van der Waals surface area contributed by atoms with Gasteiger partial charge in [0.2, 0.25) is 0 Å². The number of para-hydroxylation sites is 1. The third-order valence-corrected chi connectivity index (χ3v) is 6.80. The molecule has 0 spiro atoms. The van der Waals surface area contributed by atoms with Crippen LogP contribution in [0.15, 0.2) is 71.9 Å². The number of hydrogen-bond donors (Lipinski definition) is 1. The molecule has 0 radical (unpaired) electrons. The molecule has 3 aromatic carbocycles. The summed E-state index contributed by atoms with van der Waals surface area (Å²) in [5.41, 5.74) is 7.77. The van der Waals surface area contributed by atoms with Crippen molar-refractivity contribution in [1.82, 2.24) is 4.57 Å². The lowest BCUT2D eigenvalue weighted by atomic mass is 9.79. The van der Waals surface area contributed by atoms with Crippen molar-refractivity contribution >= 4 is 44.9 Å². The van der Waals surface area contributed by atoms with E-state index in [9.17, 15) is 4.79 Å². The zero-order chi connectivity index (χ0) is 20.4. The fraction of sp³-hybridized carbons (Fsp3) is 0.192. The van der Waals surface area contributed by atoms with Crippen molar-refractivity contribution in [3.05, 3.63) is 88.1 Å². The normalized spacial score (nSPS) is 18.1. The number of Topliss-reactive ketones (excluding diaryl/α,β-unsaturated/α-hetero) is 1. The highest BCUT2D eigenvalue weighted by atomic mass is 35.5. The van der Waals surface area contributed by atoms with Gasteiger partial charge >= 0.3 is 0 Å². The summed E-state index contributed by atoms with van der Waals surface area (Å²) in [6.45, 7) is 3.07. The monoisotopic (exact) mass is 412 g/mol. The summed E-state index contributed by atoms with van der Waals surface area (Å²) in [5.74, 6) is 0.133. The van der Waals surface area contributed by atoms with Gasteiger partial charge in [-0.15, -0.1) is 0 Å². The Labute approximate surface area is 180 Å². The van der Waals surface area contributed by atoms with Crippen LogP contribution in [0.1, 0.15) is 36.8 Å². The number of aryl methyl sites for hydroxylation is 1. The van der Waals surface area contributed by atoms with E-state index in [1.807, 2.05) is 18.2 Å². The van der Waals surface area contributed by atoms with Gasteiger partial charge in [-0.2, -0.15) is 0 Å². The predicted octanol–water partition coefficient (Wildman–Crippen LogP) is 6.64. The number of anilines is 1. The first-order chi connectivity index (χ1) is 14.7. The Bertz CT molecular complexity index is 1400. The van der Waals surface area contributed by atoms with Gasteiger partial charge in [-0.1, -0.05) is 41.9 Å². The Morgan fingerprint density at radius 1 is 1.03 bits per heavy atom. The second-order valence-electron chi connectivity index (χ2n) is 8.11. The Hall–Kier alpha value is -3.04. The largest absolute Gasteiger partial charge is 0.358 e. The number of allylic oxidation sites excluding steroid dienone is 2. The lowest BCUT2D eigenvalue weighted by Gasteiger charge is -2.30. The molecule has 2 heterocycles. The summed E-state index contributed by atoms with van der Waals surface area (Å²) in [5, 5.41) is 6.76. The minimum atomic E-state index is -0.107. The number of nitrogens with one attached hydrogen (secondary N) is 1. The average Bonchev–Trinajstić information content (AvgIpc) is 3.29. The first kappa shape index (κ1) is 17.8. The maximum atomic E-state index is 13.0. The van der Waals surface area contributed by atoms with Crippen molar-refractivity contribution in [2.24, 2.45) is 0 Å². The molecule has 0 amide bonds. The Balaban J connectivity index is 1.76. The SMILES string of the molecule is CCn1c2ccccc2c2c3c(ccc21)NC1=C(C(=O)CC1)C3c1cccc(Cl)c1. The quantitative estimate of drug-likeness (QED) is 0.400. The number of fused-ring (bicyclic) bond motifs is 5. The maximum absolute atomic E-state index is 13.0. The van der Waals surface area contributed by atoms with Crippen molar-refractivity contribution in [2.75, 3.05) is 5.32 Å². The Morgan fingerprint density at radius 3 is 2.73 bits per heavy atom. The summed E-state index contributed by atoms with van der Waals surface area (Å²) in [7, 11) is 0. The zero-order valence-corrected chi connectivity index (χ0v) is 17.5. The lowest BCUT2D eigenvalue weighted by Crippen LogP contribution is -2.19. The summed E-state index contributed by atoms with van der Waals surface area (Å²) in [6, 6.07) is 20.9. The van der Waals surface area contributed by atoms with Crippen LogP contribution in [0.4, 0.5) is 5.69 Å². The van der Waals surface area contributed by atoms with Crippen molar-refractivity contribution in [2.45, 2.75) is 32.2 Å². The van der Waals surface area contributed by atoms with E-state index >= 15 is 0 Å². The topological polar surface area (TPSA) is 34.0 Å². The van der Waals surface area contributed by atoms with E-state index < -0.39 is 0 Å². The molecule has 0 saturated heterocycles. The van der Waals surface area contributed by atoms with Gasteiger partial charge in [0.15, 0.2) is 5.78 Å². The van der Waals surface area contributed by atoms with E-state index in [2.05, 4.69) is 59.3 Å². The molecule has 1 aliphatic heterocycles. The van der Waals surface area contributed by atoms with Crippen molar-refractivity contribution in [1.29, 1.82) is 0 Å². The summed E-state index contributed by atoms with van der Waals surface area (Å²) >= 11 is 6.39. The highest BCUT2D eigenvalue weighted by Crippen LogP contribution is 2.50. The highest BCUT2D eigenvalue weighted by Gasteiger charge is 2.38. The molecule has 2 aliphatic rings. The van der Waals surface area contributed by atoms with Crippen LogP contribution in [-0.4, -0.2) is 10.4 Å². The molecule has 6 rings (SSSR count). The third-order valence-electron chi connectivity index (χ3n) is 6.57. The van der Waals surface area contributed by atoms with Crippen molar-refractivity contribution in [3.8, 4) is 0 Å². The lowest BCUT2D eigenvalue weighted by molar-refractivity contribution is -0.115. The fourth-order valence-corrected chi connectivity index (χ4v) is 5.58. The van der Waals surface area contributed by atoms with E-state index in [1.54, 1.807) is 0 Å². The number of rotatable bonds is 2. The van der Waals surface area contributed by atoms with E-state index in [0.29, 0.717) is 11.4 Å². The van der Waals surface area contributed by atoms with Crippen LogP contribution in [0.3, 0.4) is 0 Å². The maximum Gasteiger partial charge on any atom is 0.161 e. The van der Waals surface area contributed by atoms with Gasteiger partial charge in [0.25, 0.3) is 0 Å². The van der Waals surface area contributed by atoms with Gasteiger partial charge in [0.1, 0.15) is 0 Å². The number of halogens is 1. The molecule has 1 unspecified atom stereocenters. The van der Waals surface area contributed by atoms with Gasteiger partial charge < -0.3 is 9.88 Å². The molecule has 30 heavy (non-hydrogen) atoms. The minimum absolute atomic E-state index is 0.107. The van der Waals surface area contributed by atoms with E-state index in [4.69, 9.17) is 11.6 Å². The van der Waals surface area contributed by atoms with Gasteiger partial charge in [-0.25, -0.2) is 0 Å². The van der Waals surface area contributed by atoms with Gasteiger partial charge in [0.05, 0.1) is 0 Å². The Kier molecular flexibility index (Phi) is 3.84. The molecule has 1 N–H and O–H groups in total. The number of carbonyl (C=O) groups is 1. The first-order valence-electron chi connectivity index (χ1n) is 10.5. The zero-order valence-electron chi connectivity index (χ0n) is 16.7. The first-order valence-corrected chi connectivity index (χ1v) is 10.9. The van der Waals surface area contributed by atoms with Crippen LogP contribution in [-0.2, 0) is 11.3 Å². The van der Waals surface area contributed by atoms with Gasteiger partial charge in [-0.3, -0.25) is 4.79 Å². The molecule has 0 bridgehead atoms. The number of benzene rings is 3. The minimum Gasteiger partial charge on any atom is -0.358 e.